The van der Waals surface area contributed by atoms with Crippen molar-refractivity contribution < 1.29 is 4.79 Å². The number of hydrogen-bond acceptors (Lipinski definition) is 5. The largest absolute Gasteiger partial charge is 0.295 e. The number of halogens is 1. The van der Waals surface area contributed by atoms with Gasteiger partial charge in [-0.25, -0.2) is 0 Å². The highest BCUT2D eigenvalue weighted by molar-refractivity contribution is 7.15. The van der Waals surface area contributed by atoms with E-state index in [0.717, 1.165) is 5.01 Å². The third-order valence-corrected chi connectivity index (χ3v) is 2.69. The van der Waals surface area contributed by atoms with Crippen LogP contribution in [0.5, 0.6) is 0 Å². The number of pyridine rings is 1. The minimum absolute atomic E-state index is 0.250. The molecule has 2 rings (SSSR count). The van der Waals surface area contributed by atoms with Gasteiger partial charge in [-0.1, -0.05) is 22.9 Å². The lowest BCUT2D eigenvalue weighted by Gasteiger charge is -1.99. The molecule has 0 aliphatic heterocycles. The Hall–Kier alpha value is -1.53. The van der Waals surface area contributed by atoms with Gasteiger partial charge in [0.1, 0.15) is 10.7 Å². The van der Waals surface area contributed by atoms with Crippen molar-refractivity contribution in [2.24, 2.45) is 0 Å². The third kappa shape index (κ3) is 2.53. The van der Waals surface area contributed by atoms with E-state index < -0.39 is 0 Å². The maximum Gasteiger partial charge on any atom is 0.276 e. The van der Waals surface area contributed by atoms with Gasteiger partial charge in [-0.2, -0.15) is 0 Å². The van der Waals surface area contributed by atoms with E-state index in [9.17, 15) is 4.79 Å². The highest BCUT2D eigenvalue weighted by Crippen LogP contribution is 2.15. The minimum atomic E-state index is -0.348. The molecule has 0 bridgehead atoms. The van der Waals surface area contributed by atoms with Gasteiger partial charge in [0.25, 0.3) is 5.91 Å². The van der Waals surface area contributed by atoms with E-state index in [2.05, 4.69) is 20.5 Å². The van der Waals surface area contributed by atoms with Crippen LogP contribution in [0, 0.1) is 6.92 Å². The number of nitrogens with one attached hydrogen (secondary N) is 1. The fourth-order valence-corrected chi connectivity index (χ4v) is 1.78. The van der Waals surface area contributed by atoms with Gasteiger partial charge in [0.2, 0.25) is 5.13 Å². The zero-order chi connectivity index (χ0) is 11.5. The first-order valence-corrected chi connectivity index (χ1v) is 5.57. The van der Waals surface area contributed by atoms with Gasteiger partial charge in [-0.3, -0.25) is 15.1 Å². The number of aryl methyl sites for hydroxylation is 1. The number of carbonyl (C=O) groups is 1. The molecule has 2 aromatic heterocycles. The van der Waals surface area contributed by atoms with E-state index in [4.69, 9.17) is 11.6 Å². The average Bonchev–Trinajstić information content (AvgIpc) is 2.64. The first-order valence-electron chi connectivity index (χ1n) is 4.38. The van der Waals surface area contributed by atoms with Gasteiger partial charge in [0.15, 0.2) is 0 Å². The summed E-state index contributed by atoms with van der Waals surface area (Å²) >= 11 is 7.05. The van der Waals surface area contributed by atoms with Crippen LogP contribution < -0.4 is 5.32 Å². The summed E-state index contributed by atoms with van der Waals surface area (Å²) in [6.45, 7) is 1.81. The molecule has 16 heavy (non-hydrogen) atoms. The lowest BCUT2D eigenvalue weighted by atomic mass is 10.3. The zero-order valence-electron chi connectivity index (χ0n) is 8.27. The highest BCUT2D eigenvalue weighted by atomic mass is 35.5. The standard InChI is InChI=1S/C9H7ClN4OS/c1-5-13-14-9(16-5)12-8(15)7-4-6(10)2-3-11-7/h2-4H,1H3,(H,12,14,15). The predicted octanol–water partition coefficient (Wildman–Crippen LogP) is 2.15. The number of hydrogen-bond donors (Lipinski definition) is 1. The second-order valence-corrected chi connectivity index (χ2v) is 4.56. The lowest BCUT2D eigenvalue weighted by Crippen LogP contribution is -2.13. The molecule has 0 unspecified atom stereocenters. The monoisotopic (exact) mass is 254 g/mol. The van der Waals surface area contributed by atoms with Crippen LogP contribution in [0.2, 0.25) is 5.02 Å². The molecule has 0 atom stereocenters. The van der Waals surface area contributed by atoms with Gasteiger partial charge in [-0.05, 0) is 19.1 Å². The summed E-state index contributed by atoms with van der Waals surface area (Å²) in [7, 11) is 0. The van der Waals surface area contributed by atoms with Gasteiger partial charge in [-0.15, -0.1) is 10.2 Å². The Morgan fingerprint density at radius 2 is 2.31 bits per heavy atom. The van der Waals surface area contributed by atoms with Crippen molar-refractivity contribution in [3.05, 3.63) is 34.1 Å². The van der Waals surface area contributed by atoms with Crippen molar-refractivity contribution in [2.45, 2.75) is 6.92 Å². The summed E-state index contributed by atoms with van der Waals surface area (Å²) in [4.78, 5) is 15.6. The quantitative estimate of drug-likeness (QED) is 0.892. The number of carbonyl (C=O) groups excluding carboxylic acids is 1. The first-order chi connectivity index (χ1) is 7.65. The molecule has 1 amide bonds. The van der Waals surface area contributed by atoms with E-state index in [1.165, 1.54) is 23.6 Å². The second kappa shape index (κ2) is 4.54. The minimum Gasteiger partial charge on any atom is -0.295 e. The van der Waals surface area contributed by atoms with Gasteiger partial charge < -0.3 is 0 Å². The van der Waals surface area contributed by atoms with Crippen molar-refractivity contribution in [3.8, 4) is 0 Å². The molecule has 0 spiro atoms. The number of aromatic nitrogens is 3. The SMILES string of the molecule is Cc1nnc(NC(=O)c2cc(Cl)ccn2)s1. The Morgan fingerprint density at radius 3 is 2.94 bits per heavy atom. The van der Waals surface area contributed by atoms with Crippen molar-refractivity contribution in [1.82, 2.24) is 15.2 Å². The molecule has 0 fully saturated rings. The molecule has 2 heterocycles. The molecule has 2 aromatic rings. The topological polar surface area (TPSA) is 67.8 Å². The highest BCUT2D eigenvalue weighted by Gasteiger charge is 2.10. The van der Waals surface area contributed by atoms with Crippen LogP contribution in [0.25, 0.3) is 0 Å². The molecule has 82 valence electrons. The number of anilines is 1. The Bertz CT molecular complexity index is 528. The maximum atomic E-state index is 11.7. The average molecular weight is 255 g/mol. The molecule has 0 saturated heterocycles. The van der Waals surface area contributed by atoms with Crippen LogP contribution in [-0.2, 0) is 0 Å². The normalized spacial score (nSPS) is 10.1. The summed E-state index contributed by atoms with van der Waals surface area (Å²) < 4.78 is 0. The van der Waals surface area contributed by atoms with Crippen molar-refractivity contribution in [3.63, 3.8) is 0 Å². The summed E-state index contributed by atoms with van der Waals surface area (Å²) in [5.41, 5.74) is 0.250. The molecule has 1 N–H and O–H groups in total. The second-order valence-electron chi connectivity index (χ2n) is 2.94. The summed E-state index contributed by atoms with van der Waals surface area (Å²) in [5.74, 6) is -0.348. The van der Waals surface area contributed by atoms with E-state index in [-0.39, 0.29) is 11.6 Å². The van der Waals surface area contributed by atoms with Gasteiger partial charge in [0.05, 0.1) is 0 Å². The molecular weight excluding hydrogens is 248 g/mol. The van der Waals surface area contributed by atoms with E-state index in [1.807, 2.05) is 6.92 Å². The Morgan fingerprint density at radius 1 is 1.50 bits per heavy atom. The summed E-state index contributed by atoms with van der Waals surface area (Å²) in [6.07, 6.45) is 1.47. The zero-order valence-corrected chi connectivity index (χ0v) is 9.84. The van der Waals surface area contributed by atoms with E-state index in [0.29, 0.717) is 10.2 Å². The summed E-state index contributed by atoms with van der Waals surface area (Å²) in [6, 6.07) is 3.10. The molecule has 0 saturated carbocycles. The first kappa shape index (κ1) is 11.0. The van der Waals surface area contributed by atoms with Gasteiger partial charge >= 0.3 is 0 Å². The number of nitrogens with zero attached hydrogens (tertiary/aromatic N) is 3. The van der Waals surface area contributed by atoms with Crippen LogP contribution in [0.1, 0.15) is 15.5 Å². The van der Waals surface area contributed by atoms with Crippen molar-refractivity contribution in [1.29, 1.82) is 0 Å². The molecule has 0 radical (unpaired) electrons. The molecule has 5 nitrogen and oxygen atoms in total. The number of amides is 1. The van der Waals surface area contributed by atoms with Crippen molar-refractivity contribution >= 4 is 34.0 Å². The van der Waals surface area contributed by atoms with Gasteiger partial charge in [0, 0.05) is 11.2 Å². The fraction of sp³-hybridized carbons (Fsp3) is 0.111. The summed E-state index contributed by atoms with van der Waals surface area (Å²) in [5, 5.41) is 11.9. The number of rotatable bonds is 2. The molecular formula is C9H7ClN4OS. The molecule has 0 aliphatic rings. The molecule has 0 aliphatic carbocycles. The van der Waals surface area contributed by atoms with Crippen LogP contribution in [0.3, 0.4) is 0 Å². The molecule has 0 aromatic carbocycles. The predicted molar refractivity (Wildman–Crippen MR) is 61.8 cm³/mol. The third-order valence-electron chi connectivity index (χ3n) is 1.70. The van der Waals surface area contributed by atoms with Crippen LogP contribution in [-0.4, -0.2) is 21.1 Å². The van der Waals surface area contributed by atoms with Crippen molar-refractivity contribution in [2.75, 3.05) is 5.32 Å². The van der Waals surface area contributed by atoms with Crippen LogP contribution >= 0.6 is 22.9 Å². The lowest BCUT2D eigenvalue weighted by molar-refractivity contribution is 0.102. The Labute approximate surface area is 101 Å². The Balaban J connectivity index is 2.14. The van der Waals surface area contributed by atoms with E-state index >= 15 is 0 Å². The van der Waals surface area contributed by atoms with E-state index in [1.54, 1.807) is 6.07 Å². The smallest absolute Gasteiger partial charge is 0.276 e. The van der Waals surface area contributed by atoms with Crippen LogP contribution in [0.4, 0.5) is 5.13 Å². The van der Waals surface area contributed by atoms with Crippen LogP contribution in [0.15, 0.2) is 18.3 Å². The fourth-order valence-electron chi connectivity index (χ4n) is 1.04. The maximum absolute atomic E-state index is 11.7. The Kier molecular flexibility index (Phi) is 3.12. The molecule has 7 heteroatoms.